The van der Waals surface area contributed by atoms with Crippen molar-refractivity contribution in [3.63, 3.8) is 0 Å². The quantitative estimate of drug-likeness (QED) is 0.339. The Morgan fingerprint density at radius 1 is 1.26 bits per heavy atom. The van der Waals surface area contributed by atoms with Crippen LogP contribution in [-0.2, 0) is 18.6 Å². The van der Waals surface area contributed by atoms with Gasteiger partial charge in [0.2, 0.25) is 0 Å². The Bertz CT molecular complexity index is 1040. The van der Waals surface area contributed by atoms with E-state index in [2.05, 4.69) is 23.9 Å². The standard InChI is InChI=1S/C20H27N4O6PS.C3H8/c1-14(2)29-19(25)12-22-31(27,30-15-6-4-3-5-7-15)28-13-16-8-9-18(32-16)24-11-10-17(21)23-20(24)26;1-3-2/h3-7,10-11,14,16,18H,8-9,12-13H2,1-2H3,(H,22,27)(H2,21,23,26);3H2,1-2H3. The number of nitrogen functional groups attached to an aromatic ring is 1. The SMILES string of the molecule is CC(C)OC(=O)CNP(=O)(OCC1CCC(n2ccc(N)nc2=O)S1)Oc1ccccc1.CCC. The molecule has 0 saturated carbocycles. The molecule has 194 valence electrons. The van der Waals surface area contributed by atoms with Crippen LogP contribution in [0, 0.1) is 0 Å². The van der Waals surface area contributed by atoms with Gasteiger partial charge in [0, 0.05) is 11.4 Å². The Kier molecular flexibility index (Phi) is 11.8. The molecule has 1 aromatic heterocycles. The van der Waals surface area contributed by atoms with Gasteiger partial charge < -0.3 is 15.0 Å². The number of esters is 1. The minimum Gasteiger partial charge on any atom is -0.462 e. The zero-order valence-electron chi connectivity index (χ0n) is 20.6. The van der Waals surface area contributed by atoms with Crippen LogP contribution in [-0.4, -0.2) is 40.0 Å². The number of para-hydroxylation sites is 1. The van der Waals surface area contributed by atoms with E-state index < -0.39 is 19.4 Å². The number of nitrogens with one attached hydrogen (secondary N) is 1. The lowest BCUT2D eigenvalue weighted by Crippen LogP contribution is -2.28. The highest BCUT2D eigenvalue weighted by Gasteiger charge is 2.33. The van der Waals surface area contributed by atoms with E-state index in [1.54, 1.807) is 56.4 Å². The number of hydrogen-bond acceptors (Lipinski definition) is 9. The largest absolute Gasteiger partial charge is 0.462 e. The zero-order valence-corrected chi connectivity index (χ0v) is 22.3. The first kappa shape index (κ1) is 28.9. The van der Waals surface area contributed by atoms with Crippen LogP contribution in [0.2, 0.25) is 0 Å². The summed E-state index contributed by atoms with van der Waals surface area (Å²) in [4.78, 5) is 27.7. The van der Waals surface area contributed by atoms with Crippen LogP contribution in [0.1, 0.15) is 52.3 Å². The highest BCUT2D eigenvalue weighted by atomic mass is 32.2. The molecule has 0 radical (unpaired) electrons. The highest BCUT2D eigenvalue weighted by molar-refractivity contribution is 8.00. The summed E-state index contributed by atoms with van der Waals surface area (Å²) in [6.07, 6.45) is 4.05. The molecule has 35 heavy (non-hydrogen) atoms. The number of nitrogens with zero attached hydrogens (tertiary/aromatic N) is 2. The van der Waals surface area contributed by atoms with E-state index >= 15 is 0 Å². The molecule has 1 aliphatic rings. The first-order valence-corrected chi connectivity index (χ1v) is 14.1. The summed E-state index contributed by atoms with van der Waals surface area (Å²) in [5, 5.41) is 2.44. The third kappa shape index (κ3) is 10.0. The van der Waals surface area contributed by atoms with Gasteiger partial charge >= 0.3 is 19.4 Å². The van der Waals surface area contributed by atoms with Crippen LogP contribution in [0.15, 0.2) is 47.4 Å². The van der Waals surface area contributed by atoms with Gasteiger partial charge in [0.1, 0.15) is 18.1 Å². The third-order valence-corrected chi connectivity index (χ3v) is 7.45. The number of rotatable bonds is 10. The Labute approximate surface area is 210 Å². The number of hydrogen-bond donors (Lipinski definition) is 2. The van der Waals surface area contributed by atoms with Crippen molar-refractivity contribution in [3.8, 4) is 5.75 Å². The molecular weight excluding hydrogens is 491 g/mol. The van der Waals surface area contributed by atoms with Gasteiger partial charge in [0.15, 0.2) is 0 Å². The number of carbonyl (C=O) groups is 1. The van der Waals surface area contributed by atoms with Gasteiger partial charge in [-0.3, -0.25) is 13.9 Å². The van der Waals surface area contributed by atoms with E-state index in [-0.39, 0.29) is 35.7 Å². The lowest BCUT2D eigenvalue weighted by molar-refractivity contribution is -0.145. The van der Waals surface area contributed by atoms with Crippen molar-refractivity contribution in [2.24, 2.45) is 0 Å². The van der Waals surface area contributed by atoms with Gasteiger partial charge in [-0.25, -0.2) is 14.4 Å². The fourth-order valence-electron chi connectivity index (χ4n) is 3.03. The second kappa shape index (κ2) is 14.3. The molecule has 10 nitrogen and oxygen atoms in total. The van der Waals surface area contributed by atoms with E-state index in [0.29, 0.717) is 5.75 Å². The lowest BCUT2D eigenvalue weighted by Gasteiger charge is -2.21. The van der Waals surface area contributed by atoms with Crippen LogP contribution in [0.4, 0.5) is 5.82 Å². The minimum atomic E-state index is -3.86. The summed E-state index contributed by atoms with van der Waals surface area (Å²) in [5.74, 6) is -0.0433. The number of carbonyl (C=O) groups excluding carboxylic acids is 1. The molecular formula is C23H35N4O6PS. The molecule has 2 aromatic rings. The minimum absolute atomic E-state index is 0.0263. The molecule has 0 aliphatic carbocycles. The topological polar surface area (TPSA) is 135 Å². The Balaban J connectivity index is 0.00000137. The maximum Gasteiger partial charge on any atom is 0.459 e. The van der Waals surface area contributed by atoms with Crippen LogP contribution in [0.5, 0.6) is 5.75 Å². The highest BCUT2D eigenvalue weighted by Crippen LogP contribution is 2.47. The first-order valence-electron chi connectivity index (χ1n) is 11.6. The summed E-state index contributed by atoms with van der Waals surface area (Å²) in [7, 11) is -3.86. The molecule has 3 atom stereocenters. The van der Waals surface area contributed by atoms with Crippen molar-refractivity contribution in [2.45, 2.75) is 63.7 Å². The summed E-state index contributed by atoms with van der Waals surface area (Å²) in [5.41, 5.74) is 5.14. The molecule has 3 N–H and O–H groups in total. The van der Waals surface area contributed by atoms with Gasteiger partial charge in [-0.1, -0.05) is 38.5 Å². The molecule has 3 rings (SSSR count). The number of benzene rings is 1. The molecule has 1 aliphatic heterocycles. The smallest absolute Gasteiger partial charge is 0.459 e. The van der Waals surface area contributed by atoms with Crippen molar-refractivity contribution in [1.29, 1.82) is 0 Å². The van der Waals surface area contributed by atoms with E-state index in [9.17, 15) is 14.2 Å². The monoisotopic (exact) mass is 526 g/mol. The average molecular weight is 527 g/mol. The molecule has 1 fully saturated rings. The number of nitrogens with two attached hydrogens (primary N) is 1. The summed E-state index contributed by atoms with van der Waals surface area (Å²) >= 11 is 1.52. The molecule has 3 unspecified atom stereocenters. The van der Waals surface area contributed by atoms with E-state index in [4.69, 9.17) is 19.5 Å². The second-order valence-corrected chi connectivity index (χ2v) is 11.3. The Hall–Kier alpha value is -2.33. The van der Waals surface area contributed by atoms with E-state index in [1.165, 1.54) is 22.7 Å². The van der Waals surface area contributed by atoms with Gasteiger partial charge in [0.25, 0.3) is 0 Å². The Morgan fingerprint density at radius 3 is 2.57 bits per heavy atom. The van der Waals surface area contributed by atoms with Crippen molar-refractivity contribution in [2.75, 3.05) is 18.9 Å². The molecule has 1 aromatic carbocycles. The fourth-order valence-corrected chi connectivity index (χ4v) is 5.87. The molecule has 0 spiro atoms. The van der Waals surface area contributed by atoms with Crippen molar-refractivity contribution >= 4 is 31.3 Å². The Morgan fingerprint density at radius 2 is 1.94 bits per heavy atom. The zero-order chi connectivity index (χ0) is 25.8. The summed E-state index contributed by atoms with van der Waals surface area (Å²) < 4.78 is 31.2. The maximum atomic E-state index is 13.3. The van der Waals surface area contributed by atoms with Gasteiger partial charge in [-0.05, 0) is 44.9 Å². The average Bonchev–Trinajstić information content (AvgIpc) is 3.26. The normalized spacial score (nSPS) is 18.9. The van der Waals surface area contributed by atoms with E-state index in [1.807, 2.05) is 0 Å². The summed E-state index contributed by atoms with van der Waals surface area (Å²) in [6.45, 7) is 7.48. The first-order chi connectivity index (χ1) is 16.7. The molecule has 0 bridgehead atoms. The van der Waals surface area contributed by atoms with Crippen molar-refractivity contribution in [3.05, 3.63) is 53.1 Å². The van der Waals surface area contributed by atoms with Gasteiger partial charge in [0.05, 0.1) is 18.1 Å². The van der Waals surface area contributed by atoms with Gasteiger partial charge in [-0.2, -0.15) is 4.98 Å². The molecule has 0 amide bonds. The maximum absolute atomic E-state index is 13.3. The number of ether oxygens (including phenoxy) is 1. The third-order valence-electron chi connectivity index (χ3n) is 4.43. The second-order valence-electron chi connectivity index (χ2n) is 8.11. The predicted octanol–water partition coefficient (Wildman–Crippen LogP) is 4.38. The number of anilines is 1. The number of aromatic nitrogens is 2. The van der Waals surface area contributed by atoms with Crippen LogP contribution >= 0.6 is 19.5 Å². The molecule has 2 heterocycles. The fraction of sp³-hybridized carbons (Fsp3) is 0.522. The van der Waals surface area contributed by atoms with Crippen molar-refractivity contribution < 1.29 is 23.1 Å². The van der Waals surface area contributed by atoms with Crippen molar-refractivity contribution in [1.82, 2.24) is 14.6 Å². The van der Waals surface area contributed by atoms with Gasteiger partial charge in [-0.15, -0.1) is 11.8 Å². The summed E-state index contributed by atoms with van der Waals surface area (Å²) in [6, 6.07) is 10.1. The van der Waals surface area contributed by atoms with Crippen LogP contribution < -0.4 is 21.0 Å². The molecule has 1 saturated heterocycles. The number of thioether (sulfide) groups is 1. The predicted molar refractivity (Wildman–Crippen MR) is 138 cm³/mol. The lowest BCUT2D eigenvalue weighted by atomic mass is 10.2. The van der Waals surface area contributed by atoms with E-state index in [0.717, 1.165) is 12.8 Å². The molecule has 12 heteroatoms. The van der Waals surface area contributed by atoms with Crippen LogP contribution in [0.3, 0.4) is 0 Å². The van der Waals surface area contributed by atoms with Crippen LogP contribution in [0.25, 0.3) is 0 Å².